The number of rotatable bonds is 13. The first-order chi connectivity index (χ1) is 8.70. The Morgan fingerprint density at radius 3 is 1.78 bits per heavy atom. The second-order valence-electron chi connectivity index (χ2n) is 6.23. The molecule has 0 aliphatic carbocycles. The van der Waals surface area contributed by atoms with Crippen LogP contribution < -0.4 is 0 Å². The summed E-state index contributed by atoms with van der Waals surface area (Å²) < 4.78 is 0. The van der Waals surface area contributed by atoms with E-state index in [1.165, 1.54) is 70.6 Å². The third-order valence-corrected chi connectivity index (χ3v) is 4.01. The van der Waals surface area contributed by atoms with Crippen molar-refractivity contribution in [3.05, 3.63) is 0 Å². The summed E-state index contributed by atoms with van der Waals surface area (Å²) in [6.45, 7) is 7.16. The molecule has 0 rings (SSSR count). The summed E-state index contributed by atoms with van der Waals surface area (Å²) in [4.78, 5) is 0. The van der Waals surface area contributed by atoms with Crippen LogP contribution in [0.15, 0.2) is 0 Å². The molecule has 0 spiro atoms. The fourth-order valence-corrected chi connectivity index (χ4v) is 2.50. The Morgan fingerprint density at radius 1 is 0.667 bits per heavy atom. The fourth-order valence-electron chi connectivity index (χ4n) is 2.50. The van der Waals surface area contributed by atoms with Crippen LogP contribution in [0.2, 0.25) is 0 Å². The molecule has 0 saturated carbocycles. The zero-order chi connectivity index (χ0) is 13.6. The van der Waals surface area contributed by atoms with Gasteiger partial charge in [-0.1, -0.05) is 85.0 Å². The fraction of sp³-hybridized carbons (Fsp3) is 1.00. The number of hydrogen-bond acceptors (Lipinski definition) is 1. The van der Waals surface area contributed by atoms with E-state index in [1.807, 2.05) is 0 Å². The van der Waals surface area contributed by atoms with Crippen LogP contribution in [0.25, 0.3) is 0 Å². The molecule has 0 aliphatic heterocycles. The molecule has 0 aromatic heterocycles. The molecule has 0 heterocycles. The van der Waals surface area contributed by atoms with Gasteiger partial charge in [0.25, 0.3) is 0 Å². The van der Waals surface area contributed by atoms with Gasteiger partial charge in [0.2, 0.25) is 0 Å². The van der Waals surface area contributed by atoms with Crippen molar-refractivity contribution in [1.29, 1.82) is 0 Å². The van der Waals surface area contributed by atoms with Crippen molar-refractivity contribution in [2.24, 2.45) is 11.8 Å². The van der Waals surface area contributed by atoms with E-state index in [4.69, 9.17) is 5.11 Å². The third-order valence-electron chi connectivity index (χ3n) is 4.01. The molecule has 1 N–H and O–H groups in total. The molecule has 0 aromatic carbocycles. The summed E-state index contributed by atoms with van der Waals surface area (Å²) in [7, 11) is 0. The zero-order valence-electron chi connectivity index (χ0n) is 13.1. The SMILES string of the molecule is CCCCCCCCC[C@@H](C)CCC[C@H](C)CO. The minimum Gasteiger partial charge on any atom is -0.396 e. The highest BCUT2D eigenvalue weighted by atomic mass is 16.3. The smallest absolute Gasteiger partial charge is 0.0456 e. The lowest BCUT2D eigenvalue weighted by molar-refractivity contribution is 0.225. The molecule has 2 atom stereocenters. The molecule has 0 fully saturated rings. The molecular formula is C17H36O. The largest absolute Gasteiger partial charge is 0.396 e. The van der Waals surface area contributed by atoms with E-state index >= 15 is 0 Å². The summed E-state index contributed by atoms with van der Waals surface area (Å²) >= 11 is 0. The van der Waals surface area contributed by atoms with Gasteiger partial charge < -0.3 is 5.11 Å². The topological polar surface area (TPSA) is 20.2 Å². The molecular weight excluding hydrogens is 220 g/mol. The predicted octanol–water partition coefficient (Wildman–Crippen LogP) is 5.56. The lowest BCUT2D eigenvalue weighted by Crippen LogP contribution is -2.02. The van der Waals surface area contributed by atoms with Crippen molar-refractivity contribution in [1.82, 2.24) is 0 Å². The first kappa shape index (κ1) is 18.0. The molecule has 0 radical (unpaired) electrons. The number of aliphatic hydroxyl groups excluding tert-OH is 1. The summed E-state index contributed by atoms with van der Waals surface area (Å²) in [5.41, 5.74) is 0. The molecule has 1 heteroatoms. The molecule has 0 bridgehead atoms. The Labute approximate surface area is 115 Å². The van der Waals surface area contributed by atoms with E-state index in [1.54, 1.807) is 0 Å². The van der Waals surface area contributed by atoms with Crippen molar-refractivity contribution >= 4 is 0 Å². The average Bonchev–Trinajstić information content (AvgIpc) is 2.37. The van der Waals surface area contributed by atoms with E-state index < -0.39 is 0 Å². The molecule has 0 unspecified atom stereocenters. The number of hydrogen-bond donors (Lipinski definition) is 1. The van der Waals surface area contributed by atoms with Crippen molar-refractivity contribution in [3.63, 3.8) is 0 Å². The van der Waals surface area contributed by atoms with Crippen LogP contribution in [0, 0.1) is 11.8 Å². The zero-order valence-corrected chi connectivity index (χ0v) is 13.1. The van der Waals surface area contributed by atoms with E-state index in [0.29, 0.717) is 12.5 Å². The van der Waals surface area contributed by atoms with Gasteiger partial charge in [-0.3, -0.25) is 0 Å². The Hall–Kier alpha value is -0.0400. The summed E-state index contributed by atoms with van der Waals surface area (Å²) in [6, 6.07) is 0. The molecule has 0 amide bonds. The van der Waals surface area contributed by atoms with E-state index in [2.05, 4.69) is 20.8 Å². The van der Waals surface area contributed by atoms with Crippen LogP contribution in [0.1, 0.15) is 91.4 Å². The van der Waals surface area contributed by atoms with Gasteiger partial charge in [-0.25, -0.2) is 0 Å². The quantitative estimate of drug-likeness (QED) is 0.428. The Kier molecular flexibility index (Phi) is 13.4. The minimum atomic E-state index is 0.353. The van der Waals surface area contributed by atoms with E-state index in [9.17, 15) is 0 Å². The van der Waals surface area contributed by atoms with Crippen molar-refractivity contribution < 1.29 is 5.11 Å². The van der Waals surface area contributed by atoms with E-state index in [0.717, 1.165) is 5.92 Å². The highest BCUT2D eigenvalue weighted by molar-refractivity contribution is 4.57. The van der Waals surface area contributed by atoms with Gasteiger partial charge in [0.1, 0.15) is 0 Å². The van der Waals surface area contributed by atoms with Gasteiger partial charge in [0.05, 0.1) is 0 Å². The molecule has 0 aliphatic rings. The van der Waals surface area contributed by atoms with Gasteiger partial charge in [0, 0.05) is 6.61 Å². The highest BCUT2D eigenvalue weighted by Crippen LogP contribution is 2.18. The molecule has 1 nitrogen and oxygen atoms in total. The lowest BCUT2D eigenvalue weighted by Gasteiger charge is -2.12. The minimum absolute atomic E-state index is 0.353. The molecule has 0 saturated heterocycles. The Bertz CT molecular complexity index is 156. The van der Waals surface area contributed by atoms with Crippen LogP contribution in [-0.2, 0) is 0 Å². The maximum atomic E-state index is 8.96. The van der Waals surface area contributed by atoms with Crippen LogP contribution in [0.5, 0.6) is 0 Å². The van der Waals surface area contributed by atoms with Gasteiger partial charge in [0.15, 0.2) is 0 Å². The van der Waals surface area contributed by atoms with Crippen molar-refractivity contribution in [3.8, 4) is 0 Å². The van der Waals surface area contributed by atoms with Gasteiger partial charge in [-0.2, -0.15) is 0 Å². The van der Waals surface area contributed by atoms with Crippen LogP contribution in [-0.4, -0.2) is 11.7 Å². The summed E-state index contributed by atoms with van der Waals surface area (Å²) in [5, 5.41) is 8.96. The first-order valence-electron chi connectivity index (χ1n) is 8.31. The van der Waals surface area contributed by atoms with Crippen molar-refractivity contribution in [2.45, 2.75) is 91.4 Å². The average molecular weight is 256 g/mol. The number of aliphatic hydroxyl groups is 1. The van der Waals surface area contributed by atoms with Gasteiger partial charge in [-0.15, -0.1) is 0 Å². The molecule has 18 heavy (non-hydrogen) atoms. The molecule has 110 valence electrons. The predicted molar refractivity (Wildman–Crippen MR) is 81.9 cm³/mol. The monoisotopic (exact) mass is 256 g/mol. The normalized spacial score (nSPS) is 14.7. The Morgan fingerprint density at radius 2 is 1.17 bits per heavy atom. The first-order valence-corrected chi connectivity index (χ1v) is 8.31. The summed E-state index contributed by atoms with van der Waals surface area (Å²) in [6.07, 6.45) is 15.2. The van der Waals surface area contributed by atoms with Crippen molar-refractivity contribution in [2.75, 3.05) is 6.61 Å². The van der Waals surface area contributed by atoms with Gasteiger partial charge in [-0.05, 0) is 18.3 Å². The summed E-state index contributed by atoms with van der Waals surface area (Å²) in [5.74, 6) is 1.38. The third kappa shape index (κ3) is 12.4. The highest BCUT2D eigenvalue weighted by Gasteiger charge is 2.04. The maximum absolute atomic E-state index is 8.96. The van der Waals surface area contributed by atoms with Crippen LogP contribution in [0.4, 0.5) is 0 Å². The molecule has 0 aromatic rings. The van der Waals surface area contributed by atoms with Crippen LogP contribution >= 0.6 is 0 Å². The Balaban J connectivity index is 3.19. The van der Waals surface area contributed by atoms with Crippen LogP contribution in [0.3, 0.4) is 0 Å². The second kappa shape index (κ2) is 13.4. The maximum Gasteiger partial charge on any atom is 0.0456 e. The van der Waals surface area contributed by atoms with Gasteiger partial charge >= 0.3 is 0 Å². The number of unbranched alkanes of at least 4 members (excludes halogenated alkanes) is 6. The lowest BCUT2D eigenvalue weighted by atomic mass is 9.94. The second-order valence-corrected chi connectivity index (χ2v) is 6.23. The van der Waals surface area contributed by atoms with E-state index in [-0.39, 0.29) is 0 Å². The standard InChI is InChI=1S/C17H36O/c1-4-5-6-7-8-9-10-12-16(2)13-11-14-17(3)15-18/h16-18H,4-15H2,1-3H3/t16-,17+/m1/s1.